The van der Waals surface area contributed by atoms with Gasteiger partial charge >= 0.3 is 0 Å². The molecule has 0 bridgehead atoms. The Balaban J connectivity index is 0.000000739. The van der Waals surface area contributed by atoms with Crippen LogP contribution >= 0.6 is 0 Å². The van der Waals surface area contributed by atoms with Crippen LogP contribution in [0.1, 0.15) is 75.5 Å². The molecule has 0 unspecified atom stereocenters. The number of primary amides is 1. The molecule has 38 heavy (non-hydrogen) atoms. The number of benzene rings is 2. The van der Waals surface area contributed by atoms with Crippen LogP contribution in [0.15, 0.2) is 71.3 Å². The van der Waals surface area contributed by atoms with Gasteiger partial charge in [0.2, 0.25) is 5.91 Å². The molecular weight excluding hydrogens is 480 g/mol. The van der Waals surface area contributed by atoms with E-state index in [0.29, 0.717) is 44.7 Å². The minimum atomic E-state index is -0.678. The van der Waals surface area contributed by atoms with Gasteiger partial charge in [-0.15, -0.1) is 0 Å². The Morgan fingerprint density at radius 2 is 1.37 bits per heavy atom. The molecule has 8 heteroatoms. The molecule has 0 spiro atoms. The lowest BCUT2D eigenvalue weighted by Crippen LogP contribution is -2.34. The number of hydrogen-bond acceptors (Lipinski definition) is 5. The molecule has 0 atom stereocenters. The van der Waals surface area contributed by atoms with Gasteiger partial charge in [-0.25, -0.2) is 0 Å². The number of aryl methyl sites for hydroxylation is 1. The van der Waals surface area contributed by atoms with Gasteiger partial charge in [-0.2, -0.15) is 0 Å². The van der Waals surface area contributed by atoms with Gasteiger partial charge in [0.15, 0.2) is 0 Å². The Morgan fingerprint density at radius 3 is 1.82 bits per heavy atom. The van der Waals surface area contributed by atoms with Gasteiger partial charge in [-0.05, 0) is 68.6 Å². The number of nitrogens with zero attached hydrogens (tertiary/aromatic N) is 2. The third-order valence-corrected chi connectivity index (χ3v) is 5.78. The molecule has 0 saturated heterocycles. The molecule has 0 radical (unpaired) electrons. The second kappa shape index (κ2) is 16.0. The average molecular weight is 521 g/mol. The van der Waals surface area contributed by atoms with Gasteiger partial charge in [-0.3, -0.25) is 14.4 Å². The van der Waals surface area contributed by atoms with Crippen molar-refractivity contribution in [3.8, 4) is 0 Å². The summed E-state index contributed by atoms with van der Waals surface area (Å²) in [6, 6.07) is 17.9. The maximum atomic E-state index is 13.4. The molecule has 0 saturated carbocycles. The van der Waals surface area contributed by atoms with Gasteiger partial charge in [-0.1, -0.05) is 44.2 Å². The molecule has 3 rings (SSSR count). The standard InChI is InChI=1S/C25H34N4O3.C5H6O/c1-3-12-28(13-4-2)24(31)21-15-20(23(27)30)16-22(17-21)25(32)29(14-8-11-26)18-19-9-6-5-7-10-19;1-5-3-2-4-6-5/h5-7,9-10,15-17H,3-4,8,11-14,18,26H2,1-2H3,(H2,27,30);2-4H,1H3. The van der Waals surface area contributed by atoms with E-state index in [4.69, 9.17) is 15.9 Å². The largest absolute Gasteiger partial charge is 0.470 e. The van der Waals surface area contributed by atoms with Crippen LogP contribution < -0.4 is 11.5 Å². The molecule has 0 fully saturated rings. The number of carbonyl (C=O) groups excluding carboxylic acids is 3. The Hall–Kier alpha value is -3.91. The maximum absolute atomic E-state index is 13.4. The fourth-order valence-electron chi connectivity index (χ4n) is 3.94. The van der Waals surface area contributed by atoms with E-state index in [9.17, 15) is 14.4 Å². The van der Waals surface area contributed by atoms with E-state index in [1.54, 1.807) is 22.1 Å². The second-order valence-electron chi connectivity index (χ2n) is 9.03. The summed E-state index contributed by atoms with van der Waals surface area (Å²) in [7, 11) is 0. The van der Waals surface area contributed by atoms with E-state index in [0.717, 1.165) is 24.2 Å². The molecule has 0 aliphatic heterocycles. The van der Waals surface area contributed by atoms with E-state index in [1.807, 2.05) is 63.2 Å². The number of nitrogens with two attached hydrogens (primary N) is 2. The first kappa shape index (κ1) is 30.3. The van der Waals surface area contributed by atoms with Crippen molar-refractivity contribution < 1.29 is 18.8 Å². The molecule has 3 amide bonds. The molecule has 4 N–H and O–H groups in total. The van der Waals surface area contributed by atoms with Crippen molar-refractivity contribution in [1.29, 1.82) is 0 Å². The second-order valence-corrected chi connectivity index (χ2v) is 9.03. The zero-order valence-electron chi connectivity index (χ0n) is 22.7. The van der Waals surface area contributed by atoms with E-state index < -0.39 is 5.91 Å². The summed E-state index contributed by atoms with van der Waals surface area (Å²) in [5, 5.41) is 0. The molecular formula is C30H40N4O4. The topological polar surface area (TPSA) is 123 Å². The zero-order chi connectivity index (χ0) is 27.9. The lowest BCUT2D eigenvalue weighted by Gasteiger charge is -2.24. The summed E-state index contributed by atoms with van der Waals surface area (Å²) in [6.07, 6.45) is 3.93. The van der Waals surface area contributed by atoms with E-state index in [1.165, 1.54) is 12.1 Å². The van der Waals surface area contributed by atoms with Gasteiger partial charge in [0.1, 0.15) is 5.76 Å². The molecule has 8 nitrogen and oxygen atoms in total. The van der Waals surface area contributed by atoms with Crippen molar-refractivity contribution in [2.45, 2.75) is 46.6 Å². The Kier molecular flexibility index (Phi) is 12.8. The molecule has 0 aliphatic carbocycles. The number of hydrogen-bond donors (Lipinski definition) is 2. The number of amides is 3. The van der Waals surface area contributed by atoms with Crippen molar-refractivity contribution in [3.63, 3.8) is 0 Å². The predicted molar refractivity (Wildman–Crippen MR) is 150 cm³/mol. The van der Waals surface area contributed by atoms with Crippen LogP contribution in [0.4, 0.5) is 0 Å². The van der Waals surface area contributed by atoms with Crippen LogP contribution in [0, 0.1) is 6.92 Å². The molecule has 1 aromatic heterocycles. The third kappa shape index (κ3) is 9.52. The molecule has 2 aromatic carbocycles. The molecule has 1 heterocycles. The van der Waals surface area contributed by atoms with Crippen molar-refractivity contribution in [1.82, 2.24) is 9.80 Å². The van der Waals surface area contributed by atoms with Crippen LogP contribution in [-0.2, 0) is 6.54 Å². The number of carbonyl (C=O) groups is 3. The first-order chi connectivity index (χ1) is 18.3. The van der Waals surface area contributed by atoms with Crippen LogP contribution in [0.3, 0.4) is 0 Å². The smallest absolute Gasteiger partial charge is 0.254 e. The van der Waals surface area contributed by atoms with Crippen LogP contribution in [-0.4, -0.2) is 53.7 Å². The summed E-state index contributed by atoms with van der Waals surface area (Å²) >= 11 is 0. The van der Waals surface area contributed by atoms with Crippen LogP contribution in [0.25, 0.3) is 0 Å². The van der Waals surface area contributed by atoms with E-state index in [2.05, 4.69) is 0 Å². The highest BCUT2D eigenvalue weighted by Gasteiger charge is 2.22. The Bertz CT molecular complexity index is 1140. The fourth-order valence-corrected chi connectivity index (χ4v) is 3.94. The Morgan fingerprint density at radius 1 is 0.789 bits per heavy atom. The highest BCUT2D eigenvalue weighted by Crippen LogP contribution is 2.17. The van der Waals surface area contributed by atoms with Gasteiger partial charge in [0.05, 0.1) is 6.26 Å². The third-order valence-electron chi connectivity index (χ3n) is 5.78. The summed E-state index contributed by atoms with van der Waals surface area (Å²) in [6.45, 7) is 8.45. The minimum Gasteiger partial charge on any atom is -0.470 e. The Labute approximate surface area is 225 Å². The lowest BCUT2D eigenvalue weighted by atomic mass is 10.0. The van der Waals surface area contributed by atoms with E-state index in [-0.39, 0.29) is 22.9 Å². The fraction of sp³-hybridized carbons (Fsp3) is 0.367. The number of furan rings is 1. The van der Waals surface area contributed by atoms with Crippen molar-refractivity contribution >= 4 is 17.7 Å². The summed E-state index contributed by atoms with van der Waals surface area (Å²) in [5.74, 6) is -0.183. The van der Waals surface area contributed by atoms with Gasteiger partial charge in [0, 0.05) is 42.9 Å². The maximum Gasteiger partial charge on any atom is 0.254 e. The quantitative estimate of drug-likeness (QED) is 0.361. The van der Waals surface area contributed by atoms with Crippen LogP contribution in [0.2, 0.25) is 0 Å². The molecule has 0 aliphatic rings. The first-order valence-electron chi connectivity index (χ1n) is 13.1. The summed E-state index contributed by atoms with van der Waals surface area (Å²) in [4.78, 5) is 42.0. The monoisotopic (exact) mass is 520 g/mol. The minimum absolute atomic E-state index is 0.144. The van der Waals surface area contributed by atoms with Crippen molar-refractivity contribution in [2.75, 3.05) is 26.2 Å². The average Bonchev–Trinajstić information content (AvgIpc) is 3.41. The molecule has 3 aromatic rings. The highest BCUT2D eigenvalue weighted by molar-refractivity contribution is 6.04. The van der Waals surface area contributed by atoms with Gasteiger partial charge < -0.3 is 25.7 Å². The summed E-state index contributed by atoms with van der Waals surface area (Å²) < 4.78 is 4.83. The SMILES string of the molecule is CCCN(CCC)C(=O)c1cc(C(N)=O)cc(C(=O)N(CCCN)Cc2ccccc2)c1.Cc1ccco1. The highest BCUT2D eigenvalue weighted by atomic mass is 16.3. The normalized spacial score (nSPS) is 10.3. The number of rotatable bonds is 12. The first-order valence-corrected chi connectivity index (χ1v) is 13.1. The van der Waals surface area contributed by atoms with Crippen molar-refractivity contribution in [2.24, 2.45) is 11.5 Å². The van der Waals surface area contributed by atoms with Crippen molar-refractivity contribution in [3.05, 3.63) is 94.9 Å². The lowest BCUT2D eigenvalue weighted by molar-refractivity contribution is 0.0742. The van der Waals surface area contributed by atoms with Crippen LogP contribution in [0.5, 0.6) is 0 Å². The molecule has 204 valence electrons. The zero-order valence-corrected chi connectivity index (χ0v) is 22.7. The van der Waals surface area contributed by atoms with Gasteiger partial charge in [0.25, 0.3) is 11.8 Å². The predicted octanol–water partition coefficient (Wildman–Crippen LogP) is 4.63. The summed E-state index contributed by atoms with van der Waals surface area (Å²) in [5.41, 5.74) is 12.9. The van der Waals surface area contributed by atoms with E-state index >= 15 is 0 Å².